The first-order chi connectivity index (χ1) is 12.2. The molecule has 2 N–H and O–H groups in total. The summed E-state index contributed by atoms with van der Waals surface area (Å²) in [5.41, 5.74) is 2.76. The number of nitrogens with one attached hydrogen (secondary N) is 2. The fraction of sp³-hybridized carbons (Fsp3) is 0.600. The molecule has 1 aromatic carbocycles. The van der Waals surface area contributed by atoms with Gasteiger partial charge in [-0.05, 0) is 49.7 Å². The van der Waals surface area contributed by atoms with Gasteiger partial charge in [0.05, 0.1) is 6.54 Å². The van der Waals surface area contributed by atoms with Gasteiger partial charge < -0.3 is 5.32 Å². The predicted octanol–water partition coefficient (Wildman–Crippen LogP) is 2.91. The number of nitrogens with zero attached hydrogens (tertiary/aromatic N) is 1. The normalized spacial score (nSPS) is 22.8. The van der Waals surface area contributed by atoms with Crippen LogP contribution in [0.4, 0.5) is 4.79 Å². The predicted molar refractivity (Wildman–Crippen MR) is 96.2 cm³/mol. The molecule has 1 aromatic rings. The van der Waals surface area contributed by atoms with Gasteiger partial charge in [0, 0.05) is 18.1 Å². The molecule has 0 heterocycles. The summed E-state index contributed by atoms with van der Waals surface area (Å²) in [5.74, 6) is -0.188. The van der Waals surface area contributed by atoms with Crippen LogP contribution < -0.4 is 10.6 Å². The molecule has 5 nitrogen and oxygen atoms in total. The lowest BCUT2D eigenvalue weighted by atomic mass is 10.1. The molecule has 1 atom stereocenters. The average molecular weight is 341 g/mol. The first-order valence-electron chi connectivity index (χ1n) is 9.64. The molecule has 0 unspecified atom stereocenters. The van der Waals surface area contributed by atoms with Gasteiger partial charge in [0.1, 0.15) is 0 Å². The van der Waals surface area contributed by atoms with Crippen molar-refractivity contribution in [3.63, 3.8) is 0 Å². The summed E-state index contributed by atoms with van der Waals surface area (Å²) in [4.78, 5) is 26.8. The Morgan fingerprint density at radius 1 is 1.04 bits per heavy atom. The van der Waals surface area contributed by atoms with Crippen molar-refractivity contribution < 1.29 is 9.59 Å². The number of aryl methyl sites for hydroxylation is 1. The lowest BCUT2D eigenvalue weighted by Gasteiger charge is -2.29. The lowest BCUT2D eigenvalue weighted by Crippen LogP contribution is -2.47. The SMILES string of the molecule is O=C(CN(C1CC1)[C@H]1CCc2ccccc21)NC(=O)NC1CCCC1. The zero-order valence-corrected chi connectivity index (χ0v) is 14.7. The zero-order valence-electron chi connectivity index (χ0n) is 14.7. The topological polar surface area (TPSA) is 61.4 Å². The molecular formula is C20H27N3O2. The molecule has 2 fully saturated rings. The maximum atomic E-state index is 12.4. The molecule has 3 aliphatic carbocycles. The first-order valence-corrected chi connectivity index (χ1v) is 9.64. The quantitative estimate of drug-likeness (QED) is 0.866. The number of imide groups is 1. The van der Waals surface area contributed by atoms with E-state index >= 15 is 0 Å². The molecule has 0 bridgehead atoms. The van der Waals surface area contributed by atoms with E-state index in [1.54, 1.807) is 0 Å². The van der Waals surface area contributed by atoms with E-state index in [0.717, 1.165) is 51.4 Å². The van der Waals surface area contributed by atoms with Gasteiger partial charge in [-0.3, -0.25) is 15.0 Å². The third-order valence-electron chi connectivity index (χ3n) is 5.79. The molecule has 3 aliphatic rings. The summed E-state index contributed by atoms with van der Waals surface area (Å²) in [6.07, 6.45) is 8.82. The second-order valence-corrected chi connectivity index (χ2v) is 7.66. The maximum absolute atomic E-state index is 12.4. The number of carbonyl (C=O) groups excluding carboxylic acids is 2. The first kappa shape index (κ1) is 16.6. The fourth-order valence-electron chi connectivity index (χ4n) is 4.40. The van der Waals surface area contributed by atoms with Gasteiger partial charge >= 0.3 is 6.03 Å². The number of rotatable bonds is 5. The van der Waals surface area contributed by atoms with Crippen molar-refractivity contribution in [1.82, 2.24) is 15.5 Å². The van der Waals surface area contributed by atoms with Crippen molar-refractivity contribution in [2.45, 2.75) is 69.5 Å². The Labute approximate surface area is 149 Å². The lowest BCUT2D eigenvalue weighted by molar-refractivity contribution is -0.122. The van der Waals surface area contributed by atoms with Crippen molar-refractivity contribution in [2.24, 2.45) is 0 Å². The maximum Gasteiger partial charge on any atom is 0.321 e. The minimum Gasteiger partial charge on any atom is -0.335 e. The molecule has 25 heavy (non-hydrogen) atoms. The highest BCUT2D eigenvalue weighted by Crippen LogP contribution is 2.41. The highest BCUT2D eigenvalue weighted by atomic mass is 16.2. The van der Waals surface area contributed by atoms with Crippen LogP contribution in [0.5, 0.6) is 0 Å². The summed E-state index contributed by atoms with van der Waals surface area (Å²) in [7, 11) is 0. The van der Waals surface area contributed by atoms with Crippen molar-refractivity contribution in [3.8, 4) is 0 Å². The Hall–Kier alpha value is -1.88. The van der Waals surface area contributed by atoms with Crippen molar-refractivity contribution >= 4 is 11.9 Å². The second kappa shape index (κ2) is 7.16. The smallest absolute Gasteiger partial charge is 0.321 e. The van der Waals surface area contributed by atoms with Crippen LogP contribution in [0.3, 0.4) is 0 Å². The number of amides is 3. The van der Waals surface area contributed by atoms with E-state index in [0.29, 0.717) is 18.6 Å². The molecule has 0 aromatic heterocycles. The third-order valence-corrected chi connectivity index (χ3v) is 5.79. The van der Waals surface area contributed by atoms with Crippen molar-refractivity contribution in [2.75, 3.05) is 6.54 Å². The number of carbonyl (C=O) groups is 2. The van der Waals surface area contributed by atoms with Crippen molar-refractivity contribution in [1.29, 1.82) is 0 Å². The standard InChI is InChI=1S/C20H27N3O2/c24-19(22-20(25)21-15-6-2-3-7-15)13-23(16-10-11-16)18-12-9-14-5-1-4-8-17(14)18/h1,4-5,8,15-16,18H,2-3,6-7,9-13H2,(H2,21,22,24,25)/t18-/m0/s1. The Balaban J connectivity index is 1.36. The van der Waals surface area contributed by atoms with Gasteiger partial charge in [-0.25, -0.2) is 4.79 Å². The van der Waals surface area contributed by atoms with Crippen molar-refractivity contribution in [3.05, 3.63) is 35.4 Å². The van der Waals surface area contributed by atoms with Gasteiger partial charge in [0.2, 0.25) is 5.91 Å². The van der Waals surface area contributed by atoms with Gasteiger partial charge in [0.15, 0.2) is 0 Å². The minimum atomic E-state index is -0.334. The van der Waals surface area contributed by atoms with Crippen LogP contribution in [-0.4, -0.2) is 35.5 Å². The van der Waals surface area contributed by atoms with Crippen LogP contribution in [0.15, 0.2) is 24.3 Å². The van der Waals surface area contributed by atoms with Gasteiger partial charge in [-0.2, -0.15) is 0 Å². The summed E-state index contributed by atoms with van der Waals surface area (Å²) in [6, 6.07) is 9.24. The van der Waals surface area contributed by atoms with Gasteiger partial charge in [-0.1, -0.05) is 37.1 Å². The van der Waals surface area contributed by atoms with Crippen LogP contribution in [0, 0.1) is 0 Å². The Kier molecular flexibility index (Phi) is 4.75. The molecule has 0 spiro atoms. The van der Waals surface area contributed by atoms with E-state index in [9.17, 15) is 9.59 Å². The van der Waals surface area contributed by atoms with E-state index < -0.39 is 0 Å². The number of benzene rings is 1. The number of urea groups is 1. The van der Waals surface area contributed by atoms with Gasteiger partial charge in [0.25, 0.3) is 0 Å². The van der Waals surface area contributed by atoms with Crippen LogP contribution in [0.1, 0.15) is 62.1 Å². The molecule has 0 aliphatic heterocycles. The Morgan fingerprint density at radius 2 is 1.80 bits per heavy atom. The molecular weight excluding hydrogens is 314 g/mol. The molecule has 2 saturated carbocycles. The monoisotopic (exact) mass is 341 g/mol. The number of hydrogen-bond donors (Lipinski definition) is 2. The molecule has 0 saturated heterocycles. The van der Waals surface area contributed by atoms with E-state index in [4.69, 9.17) is 0 Å². The highest BCUT2D eigenvalue weighted by Gasteiger charge is 2.38. The molecule has 5 heteroatoms. The summed E-state index contributed by atoms with van der Waals surface area (Å²) < 4.78 is 0. The van der Waals surface area contributed by atoms with Crippen LogP contribution in [0.25, 0.3) is 0 Å². The van der Waals surface area contributed by atoms with Gasteiger partial charge in [-0.15, -0.1) is 0 Å². The number of fused-ring (bicyclic) bond motifs is 1. The molecule has 134 valence electrons. The number of hydrogen-bond acceptors (Lipinski definition) is 3. The third kappa shape index (κ3) is 3.87. The van der Waals surface area contributed by atoms with Crippen LogP contribution >= 0.6 is 0 Å². The minimum absolute atomic E-state index is 0.188. The van der Waals surface area contributed by atoms with E-state index in [2.05, 4.69) is 39.8 Å². The highest BCUT2D eigenvalue weighted by molar-refractivity contribution is 5.95. The molecule has 4 rings (SSSR count). The van der Waals surface area contributed by atoms with E-state index in [1.807, 2.05) is 0 Å². The average Bonchev–Trinajstić information content (AvgIpc) is 3.14. The Bertz CT molecular complexity index is 650. The van der Waals surface area contributed by atoms with E-state index in [-0.39, 0.29) is 18.0 Å². The summed E-state index contributed by atoms with van der Waals surface area (Å²) in [5, 5.41) is 5.46. The molecule has 3 amide bonds. The largest absolute Gasteiger partial charge is 0.335 e. The second-order valence-electron chi connectivity index (χ2n) is 7.66. The van der Waals surface area contributed by atoms with E-state index in [1.165, 1.54) is 11.1 Å². The Morgan fingerprint density at radius 3 is 2.56 bits per heavy atom. The van der Waals surface area contributed by atoms with Crippen LogP contribution in [0.2, 0.25) is 0 Å². The summed E-state index contributed by atoms with van der Waals surface area (Å²) >= 11 is 0. The van der Waals surface area contributed by atoms with Crippen LogP contribution in [-0.2, 0) is 11.2 Å². The zero-order chi connectivity index (χ0) is 17.2. The summed E-state index contributed by atoms with van der Waals surface area (Å²) in [6.45, 7) is 0.307. The fourth-order valence-corrected chi connectivity index (χ4v) is 4.40. The molecule has 0 radical (unpaired) electrons.